The van der Waals surface area contributed by atoms with Crippen molar-refractivity contribution in [1.82, 2.24) is 19.4 Å². The maximum absolute atomic E-state index is 15.3. The lowest BCUT2D eigenvalue weighted by molar-refractivity contribution is 0.0869. The SMILES string of the molecule is COc1cc(NCC(C)(C)N(C)C)c(N)c(C)c1Nc1ncc(F)c(-c2c3n(c4ccccc24)CCOC3)n1. The Hall–Kier alpha value is -3.89. The summed E-state index contributed by atoms with van der Waals surface area (Å²) in [5, 5.41) is 7.62. The molecule has 9 nitrogen and oxygen atoms in total. The second kappa shape index (κ2) is 10.3. The molecule has 2 aromatic heterocycles. The van der Waals surface area contributed by atoms with Gasteiger partial charge in [-0.2, -0.15) is 0 Å². The van der Waals surface area contributed by atoms with Crippen LogP contribution in [0.2, 0.25) is 0 Å². The smallest absolute Gasteiger partial charge is 0.228 e. The summed E-state index contributed by atoms with van der Waals surface area (Å²) in [6.07, 6.45) is 1.19. The van der Waals surface area contributed by atoms with E-state index >= 15 is 4.39 Å². The Bertz CT molecular complexity index is 1530. The van der Waals surface area contributed by atoms with E-state index in [0.29, 0.717) is 43.4 Å². The molecule has 0 saturated carbocycles. The van der Waals surface area contributed by atoms with Crippen LogP contribution >= 0.6 is 0 Å². The number of nitrogen functional groups attached to an aromatic ring is 1. The molecule has 0 saturated heterocycles. The quantitative estimate of drug-likeness (QED) is 0.267. The molecular weight excluding hydrogens is 497 g/mol. The van der Waals surface area contributed by atoms with Gasteiger partial charge in [0, 0.05) is 46.7 Å². The minimum atomic E-state index is -0.503. The Morgan fingerprint density at radius 1 is 1.26 bits per heavy atom. The van der Waals surface area contributed by atoms with E-state index in [4.69, 9.17) is 15.2 Å². The molecule has 4 aromatic rings. The van der Waals surface area contributed by atoms with Crippen molar-refractivity contribution in [1.29, 1.82) is 0 Å². The molecule has 0 bridgehead atoms. The van der Waals surface area contributed by atoms with E-state index in [2.05, 4.69) is 43.9 Å². The molecule has 1 aliphatic heterocycles. The first kappa shape index (κ1) is 26.7. The van der Waals surface area contributed by atoms with Gasteiger partial charge in [-0.1, -0.05) is 18.2 Å². The summed E-state index contributed by atoms with van der Waals surface area (Å²) in [5.74, 6) is 0.306. The molecule has 0 spiro atoms. The van der Waals surface area contributed by atoms with Crippen LogP contribution < -0.4 is 21.1 Å². The molecule has 5 rings (SSSR count). The molecule has 0 fully saturated rings. The first-order valence-corrected chi connectivity index (χ1v) is 13.0. The van der Waals surface area contributed by atoms with Gasteiger partial charge in [0.1, 0.15) is 11.4 Å². The molecule has 1 aliphatic rings. The Kier molecular flexibility index (Phi) is 7.09. The molecule has 4 N–H and O–H groups in total. The Balaban J connectivity index is 1.53. The van der Waals surface area contributed by atoms with Crippen LogP contribution in [-0.2, 0) is 17.9 Å². The van der Waals surface area contributed by atoms with Gasteiger partial charge in [0.2, 0.25) is 5.95 Å². The van der Waals surface area contributed by atoms with Crippen LogP contribution in [0.15, 0.2) is 36.5 Å². The number of hydrogen-bond donors (Lipinski definition) is 3. The third-order valence-corrected chi connectivity index (χ3v) is 7.73. The third-order valence-electron chi connectivity index (χ3n) is 7.73. The molecular formula is C29H36FN7O2. The maximum atomic E-state index is 15.3. The summed E-state index contributed by atoms with van der Waals surface area (Å²) in [5.41, 5.74) is 12.1. The monoisotopic (exact) mass is 533 g/mol. The Morgan fingerprint density at radius 2 is 2.03 bits per heavy atom. The predicted octanol–water partition coefficient (Wildman–Crippen LogP) is 5.16. The predicted molar refractivity (Wildman–Crippen MR) is 154 cm³/mol. The van der Waals surface area contributed by atoms with Crippen LogP contribution in [0.25, 0.3) is 22.2 Å². The molecule has 0 atom stereocenters. The number of benzene rings is 2. The fraction of sp³-hybridized carbons (Fsp3) is 0.379. The average molecular weight is 534 g/mol. The number of methoxy groups -OCH3 is 1. The summed E-state index contributed by atoms with van der Waals surface area (Å²) in [6, 6.07) is 9.82. The number of likely N-dealkylation sites (N-methyl/N-ethyl adjacent to an activating group) is 1. The summed E-state index contributed by atoms with van der Waals surface area (Å²) < 4.78 is 28.9. The highest BCUT2D eigenvalue weighted by atomic mass is 19.1. The van der Waals surface area contributed by atoms with Gasteiger partial charge in [-0.05, 0) is 40.9 Å². The van der Waals surface area contributed by atoms with E-state index < -0.39 is 5.82 Å². The minimum Gasteiger partial charge on any atom is -0.494 e. The highest BCUT2D eigenvalue weighted by Crippen LogP contribution is 2.41. The fourth-order valence-electron chi connectivity index (χ4n) is 4.80. The van der Waals surface area contributed by atoms with Gasteiger partial charge in [-0.15, -0.1) is 0 Å². The lowest BCUT2D eigenvalue weighted by Gasteiger charge is -2.33. The largest absolute Gasteiger partial charge is 0.494 e. The van der Waals surface area contributed by atoms with E-state index in [0.717, 1.165) is 33.4 Å². The zero-order valence-electron chi connectivity index (χ0n) is 23.4. The average Bonchev–Trinajstić information content (AvgIpc) is 3.26. The number of ether oxygens (including phenoxy) is 2. The number of anilines is 4. The van der Waals surface area contributed by atoms with Gasteiger partial charge in [-0.3, -0.25) is 0 Å². The zero-order valence-corrected chi connectivity index (χ0v) is 23.4. The molecule has 0 unspecified atom stereocenters. The molecule has 3 heterocycles. The van der Waals surface area contributed by atoms with Gasteiger partial charge < -0.3 is 35.3 Å². The number of para-hydroxylation sites is 1. The summed E-state index contributed by atoms with van der Waals surface area (Å²) in [4.78, 5) is 11.0. The number of halogens is 1. The maximum Gasteiger partial charge on any atom is 0.228 e. The van der Waals surface area contributed by atoms with E-state index in [1.165, 1.54) is 6.20 Å². The number of nitrogens with two attached hydrogens (primary N) is 1. The second-order valence-corrected chi connectivity index (χ2v) is 10.7. The van der Waals surface area contributed by atoms with Crippen LogP contribution in [0.1, 0.15) is 25.1 Å². The number of nitrogens with zero attached hydrogens (tertiary/aromatic N) is 4. The molecule has 2 aromatic carbocycles. The Labute approximate surface area is 228 Å². The highest BCUT2D eigenvalue weighted by molar-refractivity contribution is 5.97. The standard InChI is InChI=1S/C29H36FN7O2/c1-17-25(31)20(33-16-29(2,3)36(4)5)13-23(38-6)26(17)34-28-32-14-19(30)27(35-28)24-18-9-7-8-10-21(18)37-11-12-39-15-22(24)37/h7-10,13-14,33H,11-12,15-16,31H2,1-6H3,(H,32,34,35). The molecule has 206 valence electrons. The van der Waals surface area contributed by atoms with Gasteiger partial charge in [-0.25, -0.2) is 14.4 Å². The number of nitrogens with one attached hydrogen (secondary N) is 2. The molecule has 10 heteroatoms. The first-order chi connectivity index (χ1) is 18.6. The normalized spacial score (nSPS) is 13.5. The number of fused-ring (bicyclic) bond motifs is 3. The van der Waals surface area contributed by atoms with Crippen molar-refractivity contribution in [3.05, 3.63) is 53.6 Å². The van der Waals surface area contributed by atoms with Crippen molar-refractivity contribution in [2.45, 2.75) is 39.5 Å². The van der Waals surface area contributed by atoms with E-state index in [-0.39, 0.29) is 17.2 Å². The van der Waals surface area contributed by atoms with Gasteiger partial charge in [0.25, 0.3) is 0 Å². The molecule has 0 radical (unpaired) electrons. The molecule has 0 amide bonds. The topological polar surface area (TPSA) is 102 Å². The molecule has 39 heavy (non-hydrogen) atoms. The van der Waals surface area contributed by atoms with Gasteiger partial charge in [0.05, 0.1) is 49.3 Å². The molecule has 0 aliphatic carbocycles. The Morgan fingerprint density at radius 3 is 2.77 bits per heavy atom. The lowest BCUT2D eigenvalue weighted by Crippen LogP contribution is -2.44. The van der Waals surface area contributed by atoms with Gasteiger partial charge >= 0.3 is 0 Å². The summed E-state index contributed by atoms with van der Waals surface area (Å²) in [7, 11) is 5.68. The minimum absolute atomic E-state index is 0.0870. The van der Waals surface area contributed by atoms with Crippen molar-refractivity contribution >= 4 is 33.9 Å². The zero-order chi connectivity index (χ0) is 27.9. The number of aromatic nitrogens is 3. The van der Waals surface area contributed by atoms with Crippen LogP contribution in [-0.4, -0.2) is 59.3 Å². The number of hydrogen-bond acceptors (Lipinski definition) is 8. The van der Waals surface area contributed by atoms with Crippen molar-refractivity contribution in [2.75, 3.05) is 50.7 Å². The fourth-order valence-corrected chi connectivity index (χ4v) is 4.80. The van der Waals surface area contributed by atoms with Crippen molar-refractivity contribution < 1.29 is 13.9 Å². The summed E-state index contributed by atoms with van der Waals surface area (Å²) >= 11 is 0. The van der Waals surface area contributed by atoms with Crippen molar-refractivity contribution in [3.8, 4) is 17.0 Å². The van der Waals surface area contributed by atoms with Crippen LogP contribution in [0, 0.1) is 12.7 Å². The lowest BCUT2D eigenvalue weighted by atomic mass is 10.0. The van der Waals surface area contributed by atoms with E-state index in [1.807, 2.05) is 51.4 Å². The van der Waals surface area contributed by atoms with E-state index in [9.17, 15) is 0 Å². The van der Waals surface area contributed by atoms with Crippen LogP contribution in [0.5, 0.6) is 5.75 Å². The third kappa shape index (κ3) is 4.86. The highest BCUT2D eigenvalue weighted by Gasteiger charge is 2.26. The van der Waals surface area contributed by atoms with Crippen molar-refractivity contribution in [2.24, 2.45) is 0 Å². The van der Waals surface area contributed by atoms with Crippen LogP contribution in [0.4, 0.5) is 27.4 Å². The van der Waals surface area contributed by atoms with Gasteiger partial charge in [0.15, 0.2) is 5.82 Å². The second-order valence-electron chi connectivity index (χ2n) is 10.7. The number of rotatable bonds is 8. The summed E-state index contributed by atoms with van der Waals surface area (Å²) in [6.45, 7) is 8.59. The van der Waals surface area contributed by atoms with E-state index in [1.54, 1.807) is 7.11 Å². The van der Waals surface area contributed by atoms with Crippen LogP contribution in [0.3, 0.4) is 0 Å². The first-order valence-electron chi connectivity index (χ1n) is 13.0. The van der Waals surface area contributed by atoms with Crippen molar-refractivity contribution in [3.63, 3.8) is 0 Å².